The summed E-state index contributed by atoms with van der Waals surface area (Å²) >= 11 is 4.72. The molecule has 0 unspecified atom stereocenters. The molecule has 7 rings (SSSR count). The van der Waals surface area contributed by atoms with E-state index >= 15 is 0 Å². The van der Waals surface area contributed by atoms with Crippen LogP contribution in [0, 0.1) is 34.0 Å². The summed E-state index contributed by atoms with van der Waals surface area (Å²) in [6.07, 6.45) is -0.546. The topological polar surface area (TPSA) is 199 Å². The third kappa shape index (κ3) is 12.5. The summed E-state index contributed by atoms with van der Waals surface area (Å²) in [5.74, 6) is -0.881. The lowest BCUT2D eigenvalue weighted by Gasteiger charge is -2.08. The number of ether oxygens (including phenoxy) is 1. The van der Waals surface area contributed by atoms with Crippen molar-refractivity contribution in [3.8, 4) is 40.8 Å². The molecule has 0 spiro atoms. The number of carbonyl (C=O) groups is 4. The van der Waals surface area contributed by atoms with E-state index in [0.29, 0.717) is 33.4 Å². The number of aromatic hydroxyl groups is 1. The number of phenols is 1. The van der Waals surface area contributed by atoms with Crippen molar-refractivity contribution >= 4 is 45.3 Å². The fourth-order valence-corrected chi connectivity index (χ4v) is 5.40. The minimum atomic E-state index is -0.680. The van der Waals surface area contributed by atoms with Crippen molar-refractivity contribution < 1.29 is 33.4 Å². The van der Waals surface area contributed by atoms with E-state index in [9.17, 15) is 34.3 Å². The summed E-state index contributed by atoms with van der Waals surface area (Å²) < 4.78 is 10.2. The molecule has 0 aliphatic heterocycles. The Morgan fingerprint density at radius 2 is 1.08 bits per heavy atom. The Hall–Kier alpha value is -8.43. The van der Waals surface area contributed by atoms with Crippen LogP contribution in [0.25, 0.3) is 22.1 Å². The van der Waals surface area contributed by atoms with Gasteiger partial charge in [-0.3, -0.25) is 19.2 Å². The van der Waals surface area contributed by atoms with Gasteiger partial charge < -0.3 is 14.3 Å². The molecule has 0 saturated carbocycles. The first-order valence-electron chi connectivity index (χ1n) is 17.8. The van der Waals surface area contributed by atoms with Gasteiger partial charge in [0.2, 0.25) is 5.24 Å². The summed E-state index contributed by atoms with van der Waals surface area (Å²) in [7, 11) is 0. The predicted molar refractivity (Wildman–Crippen MR) is 224 cm³/mol. The van der Waals surface area contributed by atoms with Crippen molar-refractivity contribution in [3.05, 3.63) is 202 Å². The van der Waals surface area contributed by atoms with Gasteiger partial charge in [-0.15, -0.1) is 0 Å². The number of ketones is 2. The lowest BCUT2D eigenvalue weighted by Crippen LogP contribution is -2.10. The zero-order valence-electron chi connectivity index (χ0n) is 31.5. The minimum absolute atomic E-state index is 0.0198. The molecule has 12 heteroatoms. The van der Waals surface area contributed by atoms with Crippen molar-refractivity contribution in [1.82, 2.24) is 0 Å². The summed E-state index contributed by atoms with van der Waals surface area (Å²) in [6, 6.07) is 52.5. The van der Waals surface area contributed by atoms with E-state index in [1.807, 2.05) is 60.7 Å². The van der Waals surface area contributed by atoms with Gasteiger partial charge in [0, 0.05) is 22.1 Å². The lowest BCUT2D eigenvalue weighted by atomic mass is 9.98. The number of nitriles is 3. The molecule has 0 bridgehead atoms. The fourth-order valence-electron chi connectivity index (χ4n) is 5.34. The van der Waals surface area contributed by atoms with Crippen molar-refractivity contribution in [1.29, 1.82) is 15.8 Å². The monoisotopic (exact) mass is 813 g/mol. The molecule has 0 radical (unpaired) electrons. The number of nitrogens with zero attached hydrogens (tertiary/aromatic N) is 3. The average Bonchev–Trinajstić information content (AvgIpc) is 3.27. The Balaban J connectivity index is 0.000000187. The fraction of sp³-hybridized carbons (Fsp3) is 0.0417. The standard InChI is InChI=1S/C16H11NO3.C16H9NO2.C13H10O2.C3H2ClNO/c17-11-10-15(18)20-14-9-5-4-8-13(14)16(19)12-6-2-1-3-7-12;17-10-13-15(11-6-2-1-3-7-11)12-8-4-5-9-14(12)19-16(13)18;14-12-9-5-4-8-11(12)13(15)10-6-2-1-3-7-10;4-3(6)1-2-5/h1-9H,10H2;1-9H;1-9,14H;1H2. The first kappa shape index (κ1) is 44.3. The minimum Gasteiger partial charge on any atom is -0.507 e. The number of halogens is 1. The molecular formula is C48H32ClN3O8. The number of carbonyl (C=O) groups excluding carboxylic acids is 4. The third-order valence-corrected chi connectivity index (χ3v) is 8.14. The number of phenolic OH excluding ortho intramolecular Hbond substituents is 1. The van der Waals surface area contributed by atoms with Gasteiger partial charge in [0.1, 0.15) is 41.6 Å². The molecule has 294 valence electrons. The Kier molecular flexibility index (Phi) is 16.9. The van der Waals surface area contributed by atoms with E-state index in [4.69, 9.17) is 31.3 Å². The van der Waals surface area contributed by atoms with Crippen molar-refractivity contribution in [2.75, 3.05) is 0 Å². The first-order valence-corrected chi connectivity index (χ1v) is 18.2. The normalized spacial score (nSPS) is 9.57. The maximum absolute atomic E-state index is 12.4. The Morgan fingerprint density at radius 3 is 1.62 bits per heavy atom. The van der Waals surface area contributed by atoms with Crippen molar-refractivity contribution in [3.63, 3.8) is 0 Å². The maximum atomic E-state index is 12.4. The van der Waals surface area contributed by atoms with Gasteiger partial charge in [-0.25, -0.2) is 4.79 Å². The second-order valence-electron chi connectivity index (χ2n) is 12.0. The summed E-state index contributed by atoms with van der Waals surface area (Å²) in [6.45, 7) is 0. The third-order valence-electron chi connectivity index (χ3n) is 8.00. The van der Waals surface area contributed by atoms with Crippen LogP contribution in [0.15, 0.2) is 173 Å². The van der Waals surface area contributed by atoms with E-state index in [2.05, 4.69) is 0 Å². The highest BCUT2D eigenvalue weighted by Gasteiger charge is 2.17. The van der Waals surface area contributed by atoms with Gasteiger partial charge in [-0.05, 0) is 47.5 Å². The highest BCUT2D eigenvalue weighted by Crippen LogP contribution is 2.30. The number of rotatable bonds is 8. The van der Waals surface area contributed by atoms with Gasteiger partial charge in [0.25, 0.3) is 0 Å². The summed E-state index contributed by atoms with van der Waals surface area (Å²) in [5, 5.41) is 35.0. The van der Waals surface area contributed by atoms with E-state index < -0.39 is 16.8 Å². The quantitative estimate of drug-likeness (QED) is 0.0504. The molecular weight excluding hydrogens is 782 g/mol. The van der Waals surface area contributed by atoms with Crippen LogP contribution < -0.4 is 10.4 Å². The smallest absolute Gasteiger partial charge is 0.354 e. The number of hydrogen-bond donors (Lipinski definition) is 1. The molecule has 6 aromatic carbocycles. The van der Waals surface area contributed by atoms with Crippen LogP contribution in [0.4, 0.5) is 0 Å². The molecule has 0 atom stereocenters. The molecule has 1 aromatic heterocycles. The second kappa shape index (κ2) is 23.0. The molecule has 0 amide bonds. The molecule has 0 aliphatic carbocycles. The number of benzene rings is 6. The molecule has 60 heavy (non-hydrogen) atoms. The van der Waals surface area contributed by atoms with Crippen LogP contribution >= 0.6 is 11.6 Å². The van der Waals surface area contributed by atoms with Gasteiger partial charge in [-0.1, -0.05) is 133 Å². The highest BCUT2D eigenvalue weighted by molar-refractivity contribution is 6.63. The van der Waals surface area contributed by atoms with Crippen LogP contribution in [0.5, 0.6) is 11.5 Å². The number of para-hydroxylation sites is 3. The van der Waals surface area contributed by atoms with Gasteiger partial charge in [-0.2, -0.15) is 15.8 Å². The lowest BCUT2D eigenvalue weighted by molar-refractivity contribution is -0.133. The van der Waals surface area contributed by atoms with E-state index in [0.717, 1.165) is 10.9 Å². The van der Waals surface area contributed by atoms with Crippen LogP contribution in [0.1, 0.15) is 50.2 Å². The molecule has 0 fully saturated rings. The number of esters is 1. The zero-order valence-corrected chi connectivity index (χ0v) is 32.3. The Labute approximate surface area is 349 Å². The van der Waals surface area contributed by atoms with Crippen LogP contribution in [0.2, 0.25) is 0 Å². The Bertz CT molecular complexity index is 2790. The largest absolute Gasteiger partial charge is 0.507 e. The molecule has 0 aliphatic rings. The van der Waals surface area contributed by atoms with Gasteiger partial charge in [0.15, 0.2) is 11.6 Å². The number of fused-ring (bicyclic) bond motifs is 1. The van der Waals surface area contributed by atoms with Crippen LogP contribution in [-0.2, 0) is 9.59 Å². The molecule has 1 heterocycles. The van der Waals surface area contributed by atoms with Crippen LogP contribution in [0.3, 0.4) is 0 Å². The van der Waals surface area contributed by atoms with Crippen LogP contribution in [-0.4, -0.2) is 27.9 Å². The van der Waals surface area contributed by atoms with Crippen molar-refractivity contribution in [2.24, 2.45) is 0 Å². The summed E-state index contributed by atoms with van der Waals surface area (Å²) in [5.41, 5.74) is 3.14. The van der Waals surface area contributed by atoms with E-state index in [1.165, 1.54) is 12.1 Å². The molecule has 1 N–H and O–H groups in total. The molecule has 11 nitrogen and oxygen atoms in total. The highest BCUT2D eigenvalue weighted by atomic mass is 35.5. The first-order chi connectivity index (χ1) is 29.1. The molecule has 0 saturated heterocycles. The predicted octanol–water partition coefficient (Wildman–Crippen LogP) is 9.36. The van der Waals surface area contributed by atoms with Gasteiger partial charge >= 0.3 is 11.6 Å². The van der Waals surface area contributed by atoms with Crippen molar-refractivity contribution in [2.45, 2.75) is 12.8 Å². The number of hydrogen-bond acceptors (Lipinski definition) is 11. The van der Waals surface area contributed by atoms with Gasteiger partial charge in [0.05, 0.1) is 23.3 Å². The summed E-state index contributed by atoms with van der Waals surface area (Å²) in [4.78, 5) is 57.1. The second-order valence-corrected chi connectivity index (χ2v) is 12.4. The Morgan fingerprint density at radius 1 is 0.600 bits per heavy atom. The maximum Gasteiger partial charge on any atom is 0.354 e. The van der Waals surface area contributed by atoms with E-state index in [1.54, 1.807) is 109 Å². The van der Waals surface area contributed by atoms with E-state index in [-0.39, 0.29) is 41.5 Å². The molecule has 7 aromatic rings. The zero-order chi connectivity index (χ0) is 43.3. The SMILES string of the molecule is N#CCC(=O)Cl.N#CCC(=O)Oc1ccccc1C(=O)c1ccccc1.N#Cc1c(-c2ccccc2)c2ccccc2oc1=O.O=C(c1ccccc1)c1ccccc1O. The average molecular weight is 814 g/mol.